The van der Waals surface area contributed by atoms with Crippen LogP contribution in [0.15, 0.2) is 67.1 Å². The summed E-state index contributed by atoms with van der Waals surface area (Å²) in [6.07, 6.45) is 5.77. The maximum atomic E-state index is 13.6. The predicted molar refractivity (Wildman–Crippen MR) is 123 cm³/mol. The number of piperazine rings is 1. The van der Waals surface area contributed by atoms with Crippen LogP contribution in [0, 0.1) is 6.92 Å². The van der Waals surface area contributed by atoms with Crippen molar-refractivity contribution in [3.63, 3.8) is 0 Å². The van der Waals surface area contributed by atoms with E-state index in [0.29, 0.717) is 13.1 Å². The molecular formula is C24H24N4OS. The van der Waals surface area contributed by atoms with Crippen LogP contribution in [0.5, 0.6) is 0 Å². The third kappa shape index (κ3) is 3.27. The lowest BCUT2D eigenvalue weighted by Gasteiger charge is -2.41. The van der Waals surface area contributed by atoms with Crippen LogP contribution in [0.3, 0.4) is 0 Å². The molecular weight excluding hydrogens is 392 g/mol. The zero-order chi connectivity index (χ0) is 20.7. The molecule has 0 aliphatic carbocycles. The van der Waals surface area contributed by atoms with Gasteiger partial charge >= 0.3 is 0 Å². The van der Waals surface area contributed by atoms with Crippen LogP contribution in [0.4, 0.5) is 5.69 Å². The molecule has 0 saturated carbocycles. The van der Waals surface area contributed by atoms with Crippen molar-refractivity contribution in [3.05, 3.63) is 77.6 Å². The molecule has 1 amide bonds. The third-order valence-corrected chi connectivity index (χ3v) is 6.84. The predicted octanol–water partition coefficient (Wildman–Crippen LogP) is 4.75. The highest BCUT2D eigenvalue weighted by Gasteiger charge is 2.30. The molecule has 4 heterocycles. The van der Waals surface area contributed by atoms with Crippen LogP contribution >= 0.6 is 11.3 Å². The van der Waals surface area contributed by atoms with Gasteiger partial charge < -0.3 is 14.4 Å². The van der Waals surface area contributed by atoms with Gasteiger partial charge in [-0.2, -0.15) is 0 Å². The second-order valence-electron chi connectivity index (χ2n) is 7.86. The lowest BCUT2D eigenvalue weighted by Crippen LogP contribution is -2.53. The minimum atomic E-state index is 0.0949. The van der Waals surface area contributed by atoms with Gasteiger partial charge in [0.05, 0.1) is 5.69 Å². The first-order chi connectivity index (χ1) is 14.6. The molecule has 1 atom stereocenters. The topological polar surface area (TPSA) is 41.4 Å². The molecule has 1 saturated heterocycles. The fourth-order valence-electron chi connectivity index (χ4n) is 4.28. The molecule has 0 N–H and O–H groups in total. The Morgan fingerprint density at radius 2 is 1.93 bits per heavy atom. The number of thiophene rings is 1. The van der Waals surface area contributed by atoms with Crippen molar-refractivity contribution in [2.45, 2.75) is 19.9 Å². The molecule has 6 heteroatoms. The highest BCUT2D eigenvalue weighted by atomic mass is 32.1. The van der Waals surface area contributed by atoms with E-state index in [1.807, 2.05) is 46.1 Å². The highest BCUT2D eigenvalue weighted by molar-refractivity contribution is 7.21. The maximum Gasteiger partial charge on any atom is 0.266 e. The molecule has 1 aromatic carbocycles. The van der Waals surface area contributed by atoms with Gasteiger partial charge in [0.15, 0.2) is 0 Å². The Labute approximate surface area is 180 Å². The summed E-state index contributed by atoms with van der Waals surface area (Å²) in [6, 6.07) is 16.8. The van der Waals surface area contributed by atoms with E-state index in [4.69, 9.17) is 0 Å². The Hall–Kier alpha value is -3.12. The molecule has 0 unspecified atom stereocenters. The Kier molecular flexibility index (Phi) is 4.79. The maximum absolute atomic E-state index is 13.6. The van der Waals surface area contributed by atoms with E-state index in [9.17, 15) is 4.79 Å². The van der Waals surface area contributed by atoms with Gasteiger partial charge in [-0.25, -0.2) is 4.98 Å². The van der Waals surface area contributed by atoms with Gasteiger partial charge in [0, 0.05) is 55.3 Å². The number of carbonyl (C=O) groups is 1. The molecule has 1 aliphatic heterocycles. The molecule has 0 spiro atoms. The first kappa shape index (κ1) is 18.9. The van der Waals surface area contributed by atoms with Crippen molar-refractivity contribution in [1.29, 1.82) is 0 Å². The van der Waals surface area contributed by atoms with E-state index in [-0.39, 0.29) is 11.9 Å². The number of benzene rings is 1. The zero-order valence-electron chi connectivity index (χ0n) is 17.2. The molecule has 0 radical (unpaired) electrons. The van der Waals surface area contributed by atoms with E-state index in [0.717, 1.165) is 27.3 Å². The number of aryl methyl sites for hydroxylation is 1. The van der Waals surface area contributed by atoms with Crippen molar-refractivity contribution < 1.29 is 4.79 Å². The Morgan fingerprint density at radius 3 is 2.70 bits per heavy atom. The molecule has 3 aromatic heterocycles. The molecule has 5 rings (SSSR count). The van der Waals surface area contributed by atoms with Crippen molar-refractivity contribution in [2.24, 2.45) is 0 Å². The van der Waals surface area contributed by atoms with Crippen LogP contribution in [0.25, 0.3) is 15.9 Å². The largest absolute Gasteiger partial charge is 0.365 e. The second-order valence-corrected chi connectivity index (χ2v) is 8.86. The number of fused-ring (bicyclic) bond motifs is 1. The number of pyridine rings is 1. The first-order valence-corrected chi connectivity index (χ1v) is 11.1. The van der Waals surface area contributed by atoms with Crippen LogP contribution in [0.1, 0.15) is 22.2 Å². The van der Waals surface area contributed by atoms with E-state index < -0.39 is 0 Å². The number of rotatable bonds is 3. The van der Waals surface area contributed by atoms with Gasteiger partial charge in [-0.1, -0.05) is 12.1 Å². The summed E-state index contributed by atoms with van der Waals surface area (Å²) in [5.74, 6) is 0.0949. The number of aromatic nitrogens is 2. The Balaban J connectivity index is 1.45. The summed E-state index contributed by atoms with van der Waals surface area (Å²) < 4.78 is 2.03. The Morgan fingerprint density at radius 1 is 1.10 bits per heavy atom. The van der Waals surface area contributed by atoms with Gasteiger partial charge in [0.2, 0.25) is 0 Å². The monoisotopic (exact) mass is 416 g/mol. The third-order valence-electron chi connectivity index (χ3n) is 5.74. The smallest absolute Gasteiger partial charge is 0.266 e. The van der Waals surface area contributed by atoms with Crippen molar-refractivity contribution >= 4 is 33.1 Å². The van der Waals surface area contributed by atoms with Crippen molar-refractivity contribution in [2.75, 3.05) is 24.5 Å². The summed E-state index contributed by atoms with van der Waals surface area (Å²) in [6.45, 7) is 6.56. The fraction of sp³-hybridized carbons (Fsp3) is 0.250. The van der Waals surface area contributed by atoms with E-state index in [2.05, 4.69) is 48.0 Å². The van der Waals surface area contributed by atoms with E-state index in [1.165, 1.54) is 22.6 Å². The fourth-order valence-corrected chi connectivity index (χ4v) is 5.39. The van der Waals surface area contributed by atoms with Crippen LogP contribution < -0.4 is 4.90 Å². The minimum Gasteiger partial charge on any atom is -0.365 e. The van der Waals surface area contributed by atoms with Crippen LogP contribution in [-0.2, 0) is 0 Å². The number of hydrogen-bond acceptors (Lipinski definition) is 4. The molecule has 1 fully saturated rings. The molecule has 5 nitrogen and oxygen atoms in total. The average molecular weight is 417 g/mol. The van der Waals surface area contributed by atoms with Gasteiger partial charge in [0.25, 0.3) is 5.91 Å². The molecule has 30 heavy (non-hydrogen) atoms. The quantitative estimate of drug-likeness (QED) is 0.484. The highest BCUT2D eigenvalue weighted by Crippen LogP contribution is 2.34. The number of carbonyl (C=O) groups excluding carboxylic acids is 1. The minimum absolute atomic E-state index is 0.0949. The normalized spacial score (nSPS) is 16.9. The molecule has 152 valence electrons. The molecule has 0 bridgehead atoms. The van der Waals surface area contributed by atoms with Gasteiger partial charge in [-0.3, -0.25) is 4.79 Å². The summed E-state index contributed by atoms with van der Waals surface area (Å²) in [5, 5.41) is 1.02. The lowest BCUT2D eigenvalue weighted by molar-refractivity contribution is 0.0731. The zero-order valence-corrected chi connectivity index (χ0v) is 18.0. The summed E-state index contributed by atoms with van der Waals surface area (Å²) in [5.41, 5.74) is 3.42. The number of nitrogens with zero attached hydrogens (tertiary/aromatic N) is 4. The van der Waals surface area contributed by atoms with Gasteiger partial charge in [0.1, 0.15) is 9.71 Å². The number of hydrogen-bond donors (Lipinski definition) is 0. The standard InChI is InChI=1S/C24H24N4OS/c1-17-7-5-8-19(15-17)28-14-13-27(16-18(28)2)24(29)22-21(26-11-3-4-12-26)20-9-6-10-25-23(20)30-22/h3-12,15,18H,13-14,16H2,1-2H3/t18-/m0/s1. The van der Waals surface area contributed by atoms with E-state index in [1.54, 1.807) is 6.20 Å². The molecule has 1 aliphatic rings. The summed E-state index contributed by atoms with van der Waals surface area (Å²) >= 11 is 1.49. The first-order valence-electron chi connectivity index (χ1n) is 10.3. The SMILES string of the molecule is Cc1cccc(N2CCN(C(=O)c3sc4ncccc4c3-n3cccc3)C[C@@H]2C)c1. The van der Waals surface area contributed by atoms with Crippen molar-refractivity contribution in [1.82, 2.24) is 14.5 Å². The van der Waals surface area contributed by atoms with Crippen LogP contribution in [0.2, 0.25) is 0 Å². The molecule has 4 aromatic rings. The lowest BCUT2D eigenvalue weighted by atomic mass is 10.1. The number of amides is 1. The Bertz CT molecular complexity index is 1200. The van der Waals surface area contributed by atoms with Crippen molar-refractivity contribution in [3.8, 4) is 5.69 Å². The summed E-state index contributed by atoms with van der Waals surface area (Å²) in [4.78, 5) is 24.2. The van der Waals surface area contributed by atoms with E-state index >= 15 is 0 Å². The van der Waals surface area contributed by atoms with Gasteiger partial charge in [-0.15, -0.1) is 11.3 Å². The van der Waals surface area contributed by atoms with Crippen LogP contribution in [-0.4, -0.2) is 46.0 Å². The number of anilines is 1. The second kappa shape index (κ2) is 7.61. The summed E-state index contributed by atoms with van der Waals surface area (Å²) in [7, 11) is 0. The van der Waals surface area contributed by atoms with Gasteiger partial charge in [-0.05, 0) is 55.8 Å². The average Bonchev–Trinajstić information content (AvgIpc) is 3.40.